The SMILES string of the molecule is O=C(CNCC(F)(F)F)Nc1c(Br)cccc1C(=O)O. The van der Waals surface area contributed by atoms with Gasteiger partial charge < -0.3 is 15.7 Å². The molecule has 0 radical (unpaired) electrons. The number of alkyl halides is 3. The van der Waals surface area contributed by atoms with Gasteiger partial charge in [0.05, 0.1) is 24.3 Å². The number of carboxylic acid groups (broad SMARTS) is 1. The van der Waals surface area contributed by atoms with E-state index in [-0.39, 0.29) is 11.3 Å². The Morgan fingerprint density at radius 1 is 1.30 bits per heavy atom. The second kappa shape index (κ2) is 6.71. The summed E-state index contributed by atoms with van der Waals surface area (Å²) in [5.41, 5.74) is -0.164. The third-order valence-electron chi connectivity index (χ3n) is 2.12. The maximum absolute atomic E-state index is 11.9. The molecule has 110 valence electrons. The second-order valence-corrected chi connectivity index (χ2v) is 4.59. The Hall–Kier alpha value is -1.61. The van der Waals surface area contributed by atoms with Crippen LogP contribution in [0, 0.1) is 0 Å². The largest absolute Gasteiger partial charge is 0.478 e. The fourth-order valence-corrected chi connectivity index (χ4v) is 1.80. The highest BCUT2D eigenvalue weighted by atomic mass is 79.9. The molecule has 0 aliphatic carbocycles. The lowest BCUT2D eigenvalue weighted by Crippen LogP contribution is -2.35. The molecule has 0 aliphatic heterocycles. The smallest absolute Gasteiger partial charge is 0.401 e. The Kier molecular flexibility index (Phi) is 5.52. The molecular formula is C11H10BrF3N2O3. The Morgan fingerprint density at radius 3 is 2.50 bits per heavy atom. The summed E-state index contributed by atoms with van der Waals surface area (Å²) in [6.07, 6.45) is -4.42. The zero-order valence-electron chi connectivity index (χ0n) is 9.92. The van der Waals surface area contributed by atoms with Crippen molar-refractivity contribution in [2.75, 3.05) is 18.4 Å². The van der Waals surface area contributed by atoms with Crippen LogP contribution in [0.5, 0.6) is 0 Å². The van der Waals surface area contributed by atoms with Crippen LogP contribution < -0.4 is 10.6 Å². The lowest BCUT2D eigenvalue weighted by atomic mass is 10.2. The van der Waals surface area contributed by atoms with E-state index < -0.39 is 31.1 Å². The average molecular weight is 355 g/mol. The minimum absolute atomic E-state index is 0.00110. The molecule has 1 aromatic rings. The molecule has 0 fully saturated rings. The number of anilines is 1. The van der Waals surface area contributed by atoms with Gasteiger partial charge in [0.1, 0.15) is 0 Å². The molecule has 0 unspecified atom stereocenters. The Bertz CT molecular complexity index is 520. The molecule has 0 heterocycles. The number of benzene rings is 1. The van der Waals surface area contributed by atoms with Gasteiger partial charge in [-0.2, -0.15) is 13.2 Å². The number of halogens is 4. The minimum atomic E-state index is -4.42. The van der Waals surface area contributed by atoms with Crippen molar-refractivity contribution in [2.45, 2.75) is 6.18 Å². The number of para-hydroxylation sites is 1. The van der Waals surface area contributed by atoms with Gasteiger partial charge in [-0.3, -0.25) is 4.79 Å². The van der Waals surface area contributed by atoms with E-state index in [9.17, 15) is 22.8 Å². The van der Waals surface area contributed by atoms with E-state index in [1.807, 2.05) is 5.32 Å². The number of carboxylic acids is 1. The van der Waals surface area contributed by atoms with Crippen molar-refractivity contribution < 1.29 is 27.9 Å². The van der Waals surface area contributed by atoms with E-state index in [1.54, 1.807) is 0 Å². The first-order valence-electron chi connectivity index (χ1n) is 5.30. The molecule has 0 saturated heterocycles. The highest BCUT2D eigenvalue weighted by Gasteiger charge is 2.26. The van der Waals surface area contributed by atoms with Gasteiger partial charge in [-0.25, -0.2) is 4.79 Å². The number of rotatable bonds is 5. The molecule has 0 bridgehead atoms. The number of hydrogen-bond acceptors (Lipinski definition) is 3. The molecule has 1 aromatic carbocycles. The van der Waals surface area contributed by atoms with E-state index >= 15 is 0 Å². The van der Waals surface area contributed by atoms with E-state index in [1.165, 1.54) is 18.2 Å². The Morgan fingerprint density at radius 2 is 1.95 bits per heavy atom. The van der Waals surface area contributed by atoms with Crippen LogP contribution in [0.3, 0.4) is 0 Å². The first-order valence-corrected chi connectivity index (χ1v) is 6.09. The normalized spacial score (nSPS) is 11.2. The summed E-state index contributed by atoms with van der Waals surface area (Å²) >= 11 is 3.07. The van der Waals surface area contributed by atoms with Crippen molar-refractivity contribution in [3.63, 3.8) is 0 Å². The Labute approximate surface area is 120 Å². The molecule has 5 nitrogen and oxygen atoms in total. The van der Waals surface area contributed by atoms with Crippen LogP contribution in [-0.2, 0) is 4.79 Å². The zero-order valence-corrected chi connectivity index (χ0v) is 11.5. The first kappa shape index (κ1) is 16.4. The van der Waals surface area contributed by atoms with Crippen LogP contribution in [0.1, 0.15) is 10.4 Å². The summed E-state index contributed by atoms with van der Waals surface area (Å²) in [4.78, 5) is 22.4. The van der Waals surface area contributed by atoms with E-state index in [2.05, 4.69) is 21.2 Å². The molecule has 0 spiro atoms. The quantitative estimate of drug-likeness (QED) is 0.757. The highest BCUT2D eigenvalue weighted by molar-refractivity contribution is 9.10. The molecule has 0 saturated carbocycles. The lowest BCUT2D eigenvalue weighted by molar-refractivity contribution is -0.126. The highest BCUT2D eigenvalue weighted by Crippen LogP contribution is 2.26. The third-order valence-corrected chi connectivity index (χ3v) is 2.78. The van der Waals surface area contributed by atoms with Gasteiger partial charge in [-0.1, -0.05) is 6.07 Å². The van der Waals surface area contributed by atoms with E-state index in [0.29, 0.717) is 4.47 Å². The summed E-state index contributed by atoms with van der Waals surface area (Å²) in [6.45, 7) is -1.89. The van der Waals surface area contributed by atoms with Crippen molar-refractivity contribution in [3.8, 4) is 0 Å². The van der Waals surface area contributed by atoms with Crippen LogP contribution in [0.4, 0.5) is 18.9 Å². The van der Waals surface area contributed by atoms with Crippen molar-refractivity contribution >= 4 is 33.5 Å². The molecule has 9 heteroatoms. The number of aromatic carboxylic acids is 1. The molecule has 20 heavy (non-hydrogen) atoms. The molecule has 3 N–H and O–H groups in total. The van der Waals surface area contributed by atoms with E-state index in [4.69, 9.17) is 5.11 Å². The fraction of sp³-hybridized carbons (Fsp3) is 0.273. The van der Waals surface area contributed by atoms with Gasteiger partial charge in [0, 0.05) is 4.47 Å². The maximum Gasteiger partial charge on any atom is 0.401 e. The summed E-state index contributed by atoms with van der Waals surface area (Å²) in [5.74, 6) is -2.03. The number of nitrogens with one attached hydrogen (secondary N) is 2. The number of amides is 1. The molecule has 1 rings (SSSR count). The molecule has 0 aromatic heterocycles. The van der Waals surface area contributed by atoms with Crippen molar-refractivity contribution in [1.82, 2.24) is 5.32 Å². The second-order valence-electron chi connectivity index (χ2n) is 3.73. The van der Waals surface area contributed by atoms with E-state index in [0.717, 1.165) is 0 Å². The van der Waals surface area contributed by atoms with Gasteiger partial charge in [-0.15, -0.1) is 0 Å². The fourth-order valence-electron chi connectivity index (χ4n) is 1.33. The standard InChI is InChI=1S/C11H10BrF3N2O3/c12-7-3-1-2-6(10(19)20)9(7)17-8(18)4-16-5-11(13,14)15/h1-3,16H,4-5H2,(H,17,18)(H,19,20). The van der Waals surface area contributed by atoms with Crippen molar-refractivity contribution in [2.24, 2.45) is 0 Å². The maximum atomic E-state index is 11.9. The topological polar surface area (TPSA) is 78.4 Å². The van der Waals surface area contributed by atoms with Gasteiger partial charge in [0.2, 0.25) is 5.91 Å². The van der Waals surface area contributed by atoms with Gasteiger partial charge in [-0.05, 0) is 28.1 Å². The van der Waals surface area contributed by atoms with Crippen LogP contribution >= 0.6 is 15.9 Å². The summed E-state index contributed by atoms with van der Waals surface area (Å²) in [5, 5.41) is 13.1. The van der Waals surface area contributed by atoms with Crippen LogP contribution in [0.25, 0.3) is 0 Å². The Balaban J connectivity index is 2.69. The number of hydrogen-bond donors (Lipinski definition) is 3. The van der Waals surface area contributed by atoms with Gasteiger partial charge >= 0.3 is 12.1 Å². The molecule has 0 atom stereocenters. The lowest BCUT2D eigenvalue weighted by Gasteiger charge is -2.11. The minimum Gasteiger partial charge on any atom is -0.478 e. The zero-order chi connectivity index (χ0) is 15.3. The predicted molar refractivity (Wildman–Crippen MR) is 68.7 cm³/mol. The average Bonchev–Trinajstić information content (AvgIpc) is 2.29. The third kappa shape index (κ3) is 5.17. The number of carbonyl (C=O) groups excluding carboxylic acids is 1. The van der Waals surface area contributed by atoms with Crippen LogP contribution in [0.2, 0.25) is 0 Å². The molecule has 0 aliphatic rings. The van der Waals surface area contributed by atoms with Crippen molar-refractivity contribution in [3.05, 3.63) is 28.2 Å². The molecule has 1 amide bonds. The van der Waals surface area contributed by atoms with Crippen LogP contribution in [-0.4, -0.2) is 36.2 Å². The van der Waals surface area contributed by atoms with Crippen LogP contribution in [0.15, 0.2) is 22.7 Å². The van der Waals surface area contributed by atoms with Gasteiger partial charge in [0.25, 0.3) is 0 Å². The number of carbonyl (C=O) groups is 2. The summed E-state index contributed by atoms with van der Waals surface area (Å²) in [7, 11) is 0. The summed E-state index contributed by atoms with van der Waals surface area (Å²) in [6, 6.07) is 4.24. The van der Waals surface area contributed by atoms with Crippen molar-refractivity contribution in [1.29, 1.82) is 0 Å². The first-order chi connectivity index (χ1) is 9.20. The monoisotopic (exact) mass is 354 g/mol. The van der Waals surface area contributed by atoms with Gasteiger partial charge in [0.15, 0.2) is 0 Å². The summed E-state index contributed by atoms with van der Waals surface area (Å²) < 4.78 is 36.0. The predicted octanol–water partition coefficient (Wildman–Crippen LogP) is 2.24. The molecular weight excluding hydrogens is 345 g/mol.